The number of ether oxygens (including phenoxy) is 2. The molecule has 0 aliphatic carbocycles. The van der Waals surface area contributed by atoms with E-state index in [1.165, 1.54) is 0 Å². The highest BCUT2D eigenvalue weighted by Crippen LogP contribution is 2.07. The van der Waals surface area contributed by atoms with Crippen LogP contribution in [0.4, 0.5) is 0 Å². The van der Waals surface area contributed by atoms with Gasteiger partial charge in [0.25, 0.3) is 0 Å². The third-order valence-corrected chi connectivity index (χ3v) is 4.14. The van der Waals surface area contributed by atoms with Crippen LogP contribution in [0.5, 0.6) is 0 Å². The molecule has 1 atom stereocenters. The molecule has 2 heterocycles. The third kappa shape index (κ3) is 9.03. The van der Waals surface area contributed by atoms with Gasteiger partial charge in [0.05, 0.1) is 26.4 Å². The predicted octanol–water partition coefficient (Wildman–Crippen LogP) is -0.885. The lowest BCUT2D eigenvalue weighted by Crippen LogP contribution is -2.52. The Hall–Kier alpha value is -0.640. The van der Waals surface area contributed by atoms with Gasteiger partial charge >= 0.3 is 0 Å². The summed E-state index contributed by atoms with van der Waals surface area (Å²) in [6.07, 6.45) is 0.484. The molecule has 148 valence electrons. The van der Waals surface area contributed by atoms with Crippen LogP contribution in [0.2, 0.25) is 0 Å². The monoisotopic (exact) mass is 400 g/mol. The Bertz CT molecular complexity index is 390. The van der Waals surface area contributed by atoms with Gasteiger partial charge in [-0.1, -0.05) is 0 Å². The maximum atomic E-state index is 12.3. The average Bonchev–Trinajstić information content (AvgIpc) is 2.56. The number of morpholine rings is 1. The van der Waals surface area contributed by atoms with Crippen molar-refractivity contribution in [2.75, 3.05) is 72.7 Å². The summed E-state index contributed by atoms with van der Waals surface area (Å²) < 4.78 is 10.3. The lowest BCUT2D eigenvalue weighted by molar-refractivity contribution is -0.134. The van der Waals surface area contributed by atoms with E-state index in [4.69, 9.17) is 9.47 Å². The van der Waals surface area contributed by atoms with Crippen LogP contribution in [0.1, 0.15) is 6.42 Å². The lowest BCUT2D eigenvalue weighted by atomic mass is 10.1. The molecule has 1 unspecified atom stereocenters. The Morgan fingerprint density at radius 3 is 2.56 bits per heavy atom. The van der Waals surface area contributed by atoms with Gasteiger partial charge in [-0.25, -0.2) is 0 Å². The number of nitrogens with zero attached hydrogens (tertiary/aromatic N) is 2. The molecule has 0 spiro atoms. The second-order valence-electron chi connectivity index (χ2n) is 5.93. The fraction of sp³-hybridized carbons (Fsp3) is 0.867. The molecule has 0 aromatic rings. The minimum Gasteiger partial charge on any atom is -0.383 e. The molecule has 8 nitrogen and oxygen atoms in total. The lowest BCUT2D eigenvalue weighted by Gasteiger charge is -2.35. The molecule has 0 aromatic carbocycles. The number of methoxy groups -OCH3 is 1. The highest BCUT2D eigenvalue weighted by atomic mass is 35.5. The largest absolute Gasteiger partial charge is 0.383 e. The second kappa shape index (κ2) is 13.5. The first kappa shape index (κ1) is 24.4. The molecule has 2 saturated heterocycles. The van der Waals surface area contributed by atoms with Crippen molar-refractivity contribution < 1.29 is 19.1 Å². The Labute approximate surface area is 161 Å². The van der Waals surface area contributed by atoms with Gasteiger partial charge in [0, 0.05) is 58.8 Å². The molecule has 0 aromatic heterocycles. The van der Waals surface area contributed by atoms with E-state index < -0.39 is 0 Å². The van der Waals surface area contributed by atoms with Crippen molar-refractivity contribution in [3.8, 4) is 0 Å². The summed E-state index contributed by atoms with van der Waals surface area (Å²) in [5, 5.41) is 6.11. The van der Waals surface area contributed by atoms with Gasteiger partial charge in [0.2, 0.25) is 11.8 Å². The maximum absolute atomic E-state index is 12.3. The summed E-state index contributed by atoms with van der Waals surface area (Å²) >= 11 is 0. The van der Waals surface area contributed by atoms with Crippen LogP contribution in [-0.2, 0) is 19.1 Å². The van der Waals surface area contributed by atoms with E-state index in [0.717, 1.165) is 26.2 Å². The zero-order valence-corrected chi connectivity index (χ0v) is 16.3. The highest BCUT2D eigenvalue weighted by molar-refractivity contribution is 5.85. The quantitative estimate of drug-likeness (QED) is 0.539. The highest BCUT2D eigenvalue weighted by Gasteiger charge is 2.25. The van der Waals surface area contributed by atoms with Crippen molar-refractivity contribution >= 4 is 36.6 Å². The number of piperazine rings is 1. The van der Waals surface area contributed by atoms with Crippen LogP contribution in [-0.4, -0.2) is 100 Å². The molecule has 2 fully saturated rings. The zero-order chi connectivity index (χ0) is 16.5. The second-order valence-corrected chi connectivity index (χ2v) is 5.93. The van der Waals surface area contributed by atoms with Crippen LogP contribution >= 0.6 is 24.8 Å². The normalized spacial score (nSPS) is 21.0. The van der Waals surface area contributed by atoms with Crippen molar-refractivity contribution in [1.29, 1.82) is 0 Å². The van der Waals surface area contributed by atoms with Gasteiger partial charge in [-0.2, -0.15) is 0 Å². The van der Waals surface area contributed by atoms with Crippen molar-refractivity contribution in [1.82, 2.24) is 20.4 Å². The molecule has 2 amide bonds. The van der Waals surface area contributed by atoms with Crippen LogP contribution in [0.25, 0.3) is 0 Å². The molecule has 0 saturated carbocycles. The molecular weight excluding hydrogens is 371 g/mol. The summed E-state index contributed by atoms with van der Waals surface area (Å²) in [4.78, 5) is 28.0. The predicted molar refractivity (Wildman–Crippen MR) is 99.6 cm³/mol. The van der Waals surface area contributed by atoms with E-state index >= 15 is 0 Å². The number of rotatable bonds is 7. The Morgan fingerprint density at radius 2 is 1.96 bits per heavy atom. The Kier molecular flexibility index (Phi) is 13.2. The van der Waals surface area contributed by atoms with Crippen molar-refractivity contribution in [2.45, 2.75) is 12.5 Å². The van der Waals surface area contributed by atoms with E-state index in [2.05, 4.69) is 15.5 Å². The zero-order valence-electron chi connectivity index (χ0n) is 14.7. The van der Waals surface area contributed by atoms with Crippen LogP contribution in [0.15, 0.2) is 0 Å². The number of hydrogen-bond donors (Lipinski definition) is 2. The molecule has 2 aliphatic heterocycles. The van der Waals surface area contributed by atoms with E-state index in [0.29, 0.717) is 45.8 Å². The van der Waals surface area contributed by atoms with Gasteiger partial charge in [-0.05, 0) is 0 Å². The standard InChI is InChI=1S/C15H28N4O4.2ClH/c1-22-8-2-17-14(20)11-18-4-6-19(7-5-18)15(21)10-13-12-23-9-3-16-13;;/h13,16H,2-12H2,1H3,(H,17,20);2*1H. The molecular formula is C15H30Cl2N4O4. The van der Waals surface area contributed by atoms with Gasteiger partial charge in [-0.15, -0.1) is 24.8 Å². The number of hydrogen-bond acceptors (Lipinski definition) is 6. The smallest absolute Gasteiger partial charge is 0.234 e. The topological polar surface area (TPSA) is 83.1 Å². The summed E-state index contributed by atoms with van der Waals surface area (Å²) in [5.41, 5.74) is 0. The number of carbonyl (C=O) groups is 2. The van der Waals surface area contributed by atoms with E-state index in [1.54, 1.807) is 7.11 Å². The number of amides is 2. The Balaban J connectivity index is 0.00000288. The molecule has 0 bridgehead atoms. The van der Waals surface area contributed by atoms with Gasteiger partial charge in [0.15, 0.2) is 0 Å². The van der Waals surface area contributed by atoms with Crippen molar-refractivity contribution in [3.05, 3.63) is 0 Å². The van der Waals surface area contributed by atoms with Crippen LogP contribution in [0, 0.1) is 0 Å². The van der Waals surface area contributed by atoms with Gasteiger partial charge in [0.1, 0.15) is 0 Å². The summed E-state index contributed by atoms with van der Waals surface area (Å²) in [6.45, 7) is 6.39. The minimum absolute atomic E-state index is 0. The molecule has 0 radical (unpaired) electrons. The van der Waals surface area contributed by atoms with Crippen LogP contribution < -0.4 is 10.6 Å². The first-order chi connectivity index (χ1) is 11.2. The van der Waals surface area contributed by atoms with Crippen molar-refractivity contribution in [3.63, 3.8) is 0 Å². The molecule has 2 aliphatic rings. The summed E-state index contributed by atoms with van der Waals surface area (Å²) in [6, 6.07) is 0.126. The van der Waals surface area contributed by atoms with Crippen molar-refractivity contribution in [2.24, 2.45) is 0 Å². The number of carbonyl (C=O) groups excluding carboxylic acids is 2. The number of nitrogens with one attached hydrogen (secondary N) is 2. The maximum Gasteiger partial charge on any atom is 0.234 e. The SMILES string of the molecule is COCCNC(=O)CN1CCN(C(=O)CC2COCCN2)CC1.Cl.Cl. The van der Waals surface area contributed by atoms with Crippen LogP contribution in [0.3, 0.4) is 0 Å². The number of halogens is 2. The first-order valence-corrected chi connectivity index (χ1v) is 8.26. The minimum atomic E-state index is 0. The molecule has 25 heavy (non-hydrogen) atoms. The fourth-order valence-corrected chi connectivity index (χ4v) is 2.80. The van der Waals surface area contributed by atoms with E-state index in [9.17, 15) is 9.59 Å². The Morgan fingerprint density at radius 1 is 1.24 bits per heavy atom. The van der Waals surface area contributed by atoms with E-state index in [-0.39, 0.29) is 42.7 Å². The molecule has 10 heteroatoms. The van der Waals surface area contributed by atoms with Gasteiger partial charge in [-0.3, -0.25) is 14.5 Å². The third-order valence-electron chi connectivity index (χ3n) is 4.14. The van der Waals surface area contributed by atoms with Gasteiger partial charge < -0.3 is 25.0 Å². The molecule has 2 N–H and O–H groups in total. The fourth-order valence-electron chi connectivity index (χ4n) is 2.80. The summed E-state index contributed by atoms with van der Waals surface area (Å²) in [5.74, 6) is 0.169. The molecule has 2 rings (SSSR count). The van der Waals surface area contributed by atoms with E-state index in [1.807, 2.05) is 4.90 Å². The first-order valence-electron chi connectivity index (χ1n) is 8.26. The summed E-state index contributed by atoms with van der Waals surface area (Å²) in [7, 11) is 1.61. The average molecular weight is 401 g/mol.